The van der Waals surface area contributed by atoms with E-state index in [0.29, 0.717) is 13.1 Å². The average Bonchev–Trinajstić information content (AvgIpc) is 2.81. The quantitative estimate of drug-likeness (QED) is 0.883. The summed E-state index contributed by atoms with van der Waals surface area (Å²) in [7, 11) is -3.15. The molecule has 0 fully saturated rings. The monoisotopic (exact) mass is 293 g/mol. The van der Waals surface area contributed by atoms with E-state index >= 15 is 0 Å². The van der Waals surface area contributed by atoms with Crippen LogP contribution in [0.4, 0.5) is 0 Å². The number of nitrogens with zero attached hydrogens (tertiary/aromatic N) is 2. The van der Waals surface area contributed by atoms with Crippen molar-refractivity contribution in [3.63, 3.8) is 0 Å². The molecule has 20 heavy (non-hydrogen) atoms. The third kappa shape index (κ3) is 3.46. The van der Waals surface area contributed by atoms with Crippen molar-refractivity contribution >= 4 is 10.0 Å². The Hall–Kier alpha value is -1.66. The summed E-state index contributed by atoms with van der Waals surface area (Å²) < 4.78 is 27.5. The Bertz CT molecular complexity index is 663. The fourth-order valence-electron chi connectivity index (χ4n) is 1.98. The first-order valence-corrected chi connectivity index (χ1v) is 8.23. The highest BCUT2D eigenvalue weighted by molar-refractivity contribution is 7.89. The van der Waals surface area contributed by atoms with Gasteiger partial charge >= 0.3 is 0 Å². The summed E-state index contributed by atoms with van der Waals surface area (Å²) in [6.07, 6.45) is 1.80. The lowest BCUT2D eigenvalue weighted by Crippen LogP contribution is -2.29. The van der Waals surface area contributed by atoms with E-state index in [1.165, 1.54) is 0 Å². The second kappa shape index (κ2) is 6.19. The highest BCUT2D eigenvalue weighted by atomic mass is 32.2. The van der Waals surface area contributed by atoms with Gasteiger partial charge < -0.3 is 4.57 Å². The summed E-state index contributed by atoms with van der Waals surface area (Å²) >= 11 is 0. The van der Waals surface area contributed by atoms with Gasteiger partial charge in [-0.05, 0) is 13.8 Å². The van der Waals surface area contributed by atoms with Crippen LogP contribution in [0.25, 0.3) is 11.4 Å². The van der Waals surface area contributed by atoms with Gasteiger partial charge in [0.1, 0.15) is 5.82 Å². The molecule has 0 bridgehead atoms. The van der Waals surface area contributed by atoms with Gasteiger partial charge in [0.25, 0.3) is 0 Å². The van der Waals surface area contributed by atoms with E-state index in [1.54, 1.807) is 13.1 Å². The summed E-state index contributed by atoms with van der Waals surface area (Å²) in [5.74, 6) is 0.959. The van der Waals surface area contributed by atoms with Crippen LogP contribution in [0.2, 0.25) is 0 Å². The lowest BCUT2D eigenvalue weighted by atomic mass is 10.2. The largest absolute Gasteiger partial charge is 0.327 e. The minimum absolute atomic E-state index is 0.0987. The Morgan fingerprint density at radius 2 is 1.95 bits per heavy atom. The smallest absolute Gasteiger partial charge is 0.211 e. The molecule has 0 aliphatic rings. The first-order valence-electron chi connectivity index (χ1n) is 6.58. The van der Waals surface area contributed by atoms with Crippen molar-refractivity contribution in [2.24, 2.45) is 0 Å². The molecule has 0 unspecified atom stereocenters. The van der Waals surface area contributed by atoms with Crippen molar-refractivity contribution in [1.82, 2.24) is 14.3 Å². The van der Waals surface area contributed by atoms with Crippen LogP contribution in [0.1, 0.15) is 12.6 Å². The predicted molar refractivity (Wildman–Crippen MR) is 79.9 cm³/mol. The van der Waals surface area contributed by atoms with Crippen molar-refractivity contribution in [3.8, 4) is 11.4 Å². The molecule has 0 spiro atoms. The van der Waals surface area contributed by atoms with Crippen LogP contribution >= 0.6 is 0 Å². The summed E-state index contributed by atoms with van der Waals surface area (Å²) in [6.45, 7) is 4.52. The maximum atomic E-state index is 11.4. The molecule has 1 aromatic heterocycles. The molecule has 0 aliphatic carbocycles. The predicted octanol–water partition coefficient (Wildman–Crippen LogP) is 1.80. The van der Waals surface area contributed by atoms with Crippen molar-refractivity contribution in [3.05, 3.63) is 42.2 Å². The highest BCUT2D eigenvalue weighted by Gasteiger charge is 2.10. The van der Waals surface area contributed by atoms with Crippen molar-refractivity contribution < 1.29 is 8.42 Å². The normalized spacial score (nSPS) is 11.7. The molecule has 0 amide bonds. The molecule has 6 heteroatoms. The van der Waals surface area contributed by atoms with Crippen molar-refractivity contribution in [2.75, 3.05) is 12.3 Å². The molecule has 0 aliphatic heterocycles. The van der Waals surface area contributed by atoms with Gasteiger partial charge in [-0.15, -0.1) is 0 Å². The molecule has 0 atom stereocenters. The van der Waals surface area contributed by atoms with Crippen molar-refractivity contribution in [1.29, 1.82) is 0 Å². The SMILES string of the molecule is CCS(=O)(=O)NCCn1c(C)cnc1-c1ccccc1. The third-order valence-electron chi connectivity index (χ3n) is 3.12. The second-order valence-corrected chi connectivity index (χ2v) is 6.63. The molecule has 1 heterocycles. The van der Waals surface area contributed by atoms with Crippen LogP contribution in [0.5, 0.6) is 0 Å². The highest BCUT2D eigenvalue weighted by Crippen LogP contribution is 2.18. The van der Waals surface area contributed by atoms with Gasteiger partial charge in [0.15, 0.2) is 0 Å². The second-order valence-electron chi connectivity index (χ2n) is 4.54. The number of benzene rings is 1. The number of aromatic nitrogens is 2. The third-order valence-corrected chi connectivity index (χ3v) is 4.53. The van der Waals surface area contributed by atoms with Crippen LogP contribution in [-0.4, -0.2) is 30.3 Å². The zero-order valence-corrected chi connectivity index (χ0v) is 12.5. The lowest BCUT2D eigenvalue weighted by Gasteiger charge is -2.11. The van der Waals surface area contributed by atoms with E-state index in [1.807, 2.05) is 41.8 Å². The van der Waals surface area contributed by atoms with E-state index in [4.69, 9.17) is 0 Å². The summed E-state index contributed by atoms with van der Waals surface area (Å²) in [6, 6.07) is 9.87. The number of imidazole rings is 1. The number of aryl methyl sites for hydroxylation is 1. The molecule has 0 saturated carbocycles. The number of rotatable bonds is 6. The molecule has 2 aromatic rings. The topological polar surface area (TPSA) is 64.0 Å². The minimum atomic E-state index is -3.15. The van der Waals surface area contributed by atoms with Gasteiger partial charge in [-0.3, -0.25) is 0 Å². The van der Waals surface area contributed by atoms with E-state index in [0.717, 1.165) is 17.1 Å². The van der Waals surface area contributed by atoms with Gasteiger partial charge in [-0.2, -0.15) is 0 Å². The fourth-order valence-corrected chi connectivity index (χ4v) is 2.58. The van der Waals surface area contributed by atoms with Crippen molar-refractivity contribution in [2.45, 2.75) is 20.4 Å². The van der Waals surface area contributed by atoms with Gasteiger partial charge in [0.05, 0.1) is 5.75 Å². The van der Waals surface area contributed by atoms with Crippen LogP contribution in [0.3, 0.4) is 0 Å². The zero-order chi connectivity index (χ0) is 14.6. The molecule has 5 nitrogen and oxygen atoms in total. The molecule has 1 N–H and O–H groups in total. The first-order chi connectivity index (χ1) is 9.53. The first kappa shape index (κ1) is 14.7. The van der Waals surface area contributed by atoms with Gasteiger partial charge in [-0.1, -0.05) is 30.3 Å². The molecule has 0 radical (unpaired) electrons. The maximum absolute atomic E-state index is 11.4. The number of sulfonamides is 1. The van der Waals surface area contributed by atoms with Crippen LogP contribution in [0, 0.1) is 6.92 Å². The minimum Gasteiger partial charge on any atom is -0.327 e. The van der Waals surface area contributed by atoms with Gasteiger partial charge in [0.2, 0.25) is 10.0 Å². The number of hydrogen-bond donors (Lipinski definition) is 1. The average molecular weight is 293 g/mol. The number of nitrogens with one attached hydrogen (secondary N) is 1. The van der Waals surface area contributed by atoms with E-state index in [-0.39, 0.29) is 5.75 Å². The molecule has 2 rings (SSSR count). The van der Waals surface area contributed by atoms with Gasteiger partial charge in [-0.25, -0.2) is 18.1 Å². The Balaban J connectivity index is 2.15. The maximum Gasteiger partial charge on any atom is 0.211 e. The Labute approximate surface area is 119 Å². The zero-order valence-electron chi connectivity index (χ0n) is 11.7. The van der Waals surface area contributed by atoms with Crippen LogP contribution in [0.15, 0.2) is 36.5 Å². The van der Waals surface area contributed by atoms with E-state index in [2.05, 4.69) is 9.71 Å². The van der Waals surface area contributed by atoms with Crippen LogP contribution < -0.4 is 4.72 Å². The Kier molecular flexibility index (Phi) is 4.57. The van der Waals surface area contributed by atoms with Crippen LogP contribution in [-0.2, 0) is 16.6 Å². The fraction of sp³-hybridized carbons (Fsp3) is 0.357. The van der Waals surface area contributed by atoms with E-state index in [9.17, 15) is 8.42 Å². The Morgan fingerprint density at radius 1 is 1.25 bits per heavy atom. The molecular weight excluding hydrogens is 274 g/mol. The molecule has 108 valence electrons. The Morgan fingerprint density at radius 3 is 2.60 bits per heavy atom. The molecule has 0 saturated heterocycles. The van der Waals surface area contributed by atoms with E-state index < -0.39 is 10.0 Å². The van der Waals surface area contributed by atoms with Gasteiger partial charge in [0, 0.05) is 30.5 Å². The lowest BCUT2D eigenvalue weighted by molar-refractivity contribution is 0.573. The summed E-state index contributed by atoms with van der Waals surface area (Å²) in [4.78, 5) is 4.41. The molecular formula is C14H19N3O2S. The molecule has 1 aromatic carbocycles. The summed E-state index contributed by atoms with van der Waals surface area (Å²) in [5, 5.41) is 0. The number of hydrogen-bond acceptors (Lipinski definition) is 3. The summed E-state index contributed by atoms with van der Waals surface area (Å²) in [5.41, 5.74) is 2.04. The standard InChI is InChI=1S/C14H19N3O2S/c1-3-20(18,19)16-9-10-17-12(2)11-15-14(17)13-7-5-4-6-8-13/h4-8,11,16H,3,9-10H2,1-2H3.